The predicted molar refractivity (Wildman–Crippen MR) is 79.5 cm³/mol. The van der Waals surface area contributed by atoms with Crippen LogP contribution in [0.15, 0.2) is 24.3 Å². The van der Waals surface area contributed by atoms with Crippen LogP contribution in [0, 0.1) is 0 Å². The number of benzene rings is 1. The molecule has 21 heavy (non-hydrogen) atoms. The fourth-order valence-corrected chi connectivity index (χ4v) is 1.93. The van der Waals surface area contributed by atoms with Gasteiger partial charge in [0.05, 0.1) is 12.4 Å². The van der Waals surface area contributed by atoms with Crippen molar-refractivity contribution in [3.8, 4) is 11.5 Å². The molecule has 0 bridgehead atoms. The molecule has 1 N–H and O–H groups in total. The van der Waals surface area contributed by atoms with Gasteiger partial charge in [0.2, 0.25) is 0 Å². The quantitative estimate of drug-likeness (QED) is 0.733. The Bertz CT molecular complexity index is 618. The van der Waals surface area contributed by atoms with Gasteiger partial charge in [0, 0.05) is 17.9 Å². The lowest BCUT2D eigenvalue weighted by Gasteiger charge is -2.14. The van der Waals surface area contributed by atoms with E-state index in [1.54, 1.807) is 25.1 Å². The Hall–Kier alpha value is -2.02. The zero-order valence-electron chi connectivity index (χ0n) is 11.9. The van der Waals surface area contributed by atoms with Crippen LogP contribution in [0.25, 0.3) is 6.08 Å². The molecule has 0 amide bonds. The summed E-state index contributed by atoms with van der Waals surface area (Å²) >= 11 is 0. The van der Waals surface area contributed by atoms with E-state index in [0.717, 1.165) is 12.3 Å². The van der Waals surface area contributed by atoms with E-state index in [0.29, 0.717) is 23.7 Å². The standard InChI is InChI=1S/C14H18O6S/c1-3-19-12-6-4-5-11(7-8-13(15)16)14(12)20-9-10-21(2,17)18/h4-8H,3,9-10H2,1-2H3,(H,15,16)/b8-7+. The van der Waals surface area contributed by atoms with E-state index in [1.165, 1.54) is 6.08 Å². The van der Waals surface area contributed by atoms with Crippen LogP contribution < -0.4 is 9.47 Å². The molecule has 0 aromatic heterocycles. The second-order valence-electron chi connectivity index (χ2n) is 4.26. The molecular formula is C14H18O6S. The SMILES string of the molecule is CCOc1cccc(/C=C/C(=O)O)c1OCCS(C)(=O)=O. The molecule has 1 aromatic carbocycles. The van der Waals surface area contributed by atoms with Gasteiger partial charge in [0.25, 0.3) is 0 Å². The highest BCUT2D eigenvalue weighted by Crippen LogP contribution is 2.32. The minimum atomic E-state index is -3.14. The fraction of sp³-hybridized carbons (Fsp3) is 0.357. The number of para-hydroxylation sites is 1. The molecule has 0 aliphatic carbocycles. The zero-order chi connectivity index (χ0) is 15.9. The number of carboxylic acids is 1. The molecule has 0 saturated heterocycles. The third-order valence-electron chi connectivity index (χ3n) is 2.42. The van der Waals surface area contributed by atoms with Crippen LogP contribution in [0.1, 0.15) is 12.5 Å². The third kappa shape index (κ3) is 6.31. The summed E-state index contributed by atoms with van der Waals surface area (Å²) in [5.41, 5.74) is 0.511. The normalized spacial score (nSPS) is 11.5. The third-order valence-corrected chi connectivity index (χ3v) is 3.32. The van der Waals surface area contributed by atoms with Gasteiger partial charge in [-0.15, -0.1) is 0 Å². The number of carbonyl (C=O) groups is 1. The van der Waals surface area contributed by atoms with Crippen LogP contribution in [-0.4, -0.2) is 44.7 Å². The molecule has 6 nitrogen and oxygen atoms in total. The second kappa shape index (κ2) is 7.68. The Morgan fingerprint density at radius 3 is 2.62 bits per heavy atom. The van der Waals surface area contributed by atoms with Gasteiger partial charge in [-0.1, -0.05) is 12.1 Å². The van der Waals surface area contributed by atoms with Crippen molar-refractivity contribution in [3.05, 3.63) is 29.8 Å². The van der Waals surface area contributed by atoms with Crippen molar-refractivity contribution in [1.82, 2.24) is 0 Å². The van der Waals surface area contributed by atoms with Gasteiger partial charge in [-0.25, -0.2) is 13.2 Å². The summed E-state index contributed by atoms with van der Waals surface area (Å²) in [4.78, 5) is 10.6. The van der Waals surface area contributed by atoms with E-state index in [2.05, 4.69) is 0 Å². The average Bonchev–Trinajstić information content (AvgIpc) is 2.37. The van der Waals surface area contributed by atoms with Gasteiger partial charge in [0.15, 0.2) is 21.3 Å². The molecule has 0 aliphatic heterocycles. The van der Waals surface area contributed by atoms with Crippen molar-refractivity contribution in [2.45, 2.75) is 6.92 Å². The highest BCUT2D eigenvalue weighted by atomic mass is 32.2. The van der Waals surface area contributed by atoms with Crippen molar-refractivity contribution in [1.29, 1.82) is 0 Å². The van der Waals surface area contributed by atoms with Crippen molar-refractivity contribution in [2.24, 2.45) is 0 Å². The molecule has 0 heterocycles. The van der Waals surface area contributed by atoms with Gasteiger partial charge >= 0.3 is 5.97 Å². The number of hydrogen-bond acceptors (Lipinski definition) is 5. The van der Waals surface area contributed by atoms with E-state index in [1.807, 2.05) is 0 Å². The van der Waals surface area contributed by atoms with Gasteiger partial charge in [-0.05, 0) is 19.1 Å². The van der Waals surface area contributed by atoms with E-state index >= 15 is 0 Å². The average molecular weight is 314 g/mol. The molecule has 0 radical (unpaired) electrons. The second-order valence-corrected chi connectivity index (χ2v) is 6.52. The van der Waals surface area contributed by atoms with Crippen molar-refractivity contribution in [3.63, 3.8) is 0 Å². The maximum atomic E-state index is 11.1. The lowest BCUT2D eigenvalue weighted by Crippen LogP contribution is -2.13. The molecule has 7 heteroatoms. The summed E-state index contributed by atoms with van der Waals surface area (Å²) in [6.45, 7) is 2.19. The highest BCUT2D eigenvalue weighted by molar-refractivity contribution is 7.90. The van der Waals surface area contributed by atoms with Crippen molar-refractivity contribution >= 4 is 21.9 Å². The molecule has 1 aromatic rings. The Labute approximate surface area is 123 Å². The van der Waals surface area contributed by atoms with Crippen LogP contribution in [0.5, 0.6) is 11.5 Å². The van der Waals surface area contributed by atoms with E-state index in [4.69, 9.17) is 14.6 Å². The van der Waals surface area contributed by atoms with Crippen LogP contribution in [0.4, 0.5) is 0 Å². The van der Waals surface area contributed by atoms with Gasteiger partial charge in [-0.2, -0.15) is 0 Å². The molecular weight excluding hydrogens is 296 g/mol. The number of carboxylic acid groups (broad SMARTS) is 1. The smallest absolute Gasteiger partial charge is 0.328 e. The van der Waals surface area contributed by atoms with Crippen molar-refractivity contribution in [2.75, 3.05) is 25.2 Å². The van der Waals surface area contributed by atoms with E-state index in [-0.39, 0.29) is 12.4 Å². The first-order valence-electron chi connectivity index (χ1n) is 6.31. The number of aliphatic carboxylic acids is 1. The molecule has 0 atom stereocenters. The highest BCUT2D eigenvalue weighted by Gasteiger charge is 2.11. The topological polar surface area (TPSA) is 89.9 Å². The largest absolute Gasteiger partial charge is 0.490 e. The van der Waals surface area contributed by atoms with Crippen LogP contribution >= 0.6 is 0 Å². The maximum Gasteiger partial charge on any atom is 0.328 e. The first-order chi connectivity index (χ1) is 9.83. The number of ether oxygens (including phenoxy) is 2. The Kier molecular flexibility index (Phi) is 6.23. The minimum absolute atomic E-state index is 0.0309. The number of rotatable bonds is 8. The van der Waals surface area contributed by atoms with Crippen molar-refractivity contribution < 1.29 is 27.8 Å². The first kappa shape index (κ1) is 17.0. The maximum absolute atomic E-state index is 11.1. The number of sulfone groups is 1. The lowest BCUT2D eigenvalue weighted by atomic mass is 10.1. The van der Waals surface area contributed by atoms with Crippen LogP contribution in [0.3, 0.4) is 0 Å². The Morgan fingerprint density at radius 2 is 2.05 bits per heavy atom. The summed E-state index contributed by atoms with van der Waals surface area (Å²) < 4.78 is 33.2. The summed E-state index contributed by atoms with van der Waals surface area (Å²) in [5, 5.41) is 8.68. The molecule has 1 rings (SSSR count). The molecule has 0 aliphatic rings. The minimum Gasteiger partial charge on any atom is -0.490 e. The molecule has 0 saturated carbocycles. The lowest BCUT2D eigenvalue weighted by molar-refractivity contribution is -0.131. The summed E-state index contributed by atoms with van der Waals surface area (Å²) in [5.74, 6) is -0.437. The fourth-order valence-electron chi connectivity index (χ4n) is 1.54. The first-order valence-corrected chi connectivity index (χ1v) is 8.37. The molecule has 0 spiro atoms. The van der Waals surface area contributed by atoms with Gasteiger partial charge < -0.3 is 14.6 Å². The number of hydrogen-bond donors (Lipinski definition) is 1. The van der Waals surface area contributed by atoms with E-state index in [9.17, 15) is 13.2 Å². The predicted octanol–water partition coefficient (Wildman–Crippen LogP) is 1.61. The summed E-state index contributed by atoms with van der Waals surface area (Å²) in [6.07, 6.45) is 3.48. The molecule has 0 unspecified atom stereocenters. The monoisotopic (exact) mass is 314 g/mol. The van der Waals surface area contributed by atoms with Crippen LogP contribution in [0.2, 0.25) is 0 Å². The van der Waals surface area contributed by atoms with Gasteiger partial charge in [0.1, 0.15) is 6.61 Å². The Morgan fingerprint density at radius 1 is 1.33 bits per heavy atom. The molecule has 0 fully saturated rings. The van der Waals surface area contributed by atoms with Crippen LogP contribution in [-0.2, 0) is 14.6 Å². The summed E-state index contributed by atoms with van der Waals surface area (Å²) in [7, 11) is -3.14. The van der Waals surface area contributed by atoms with E-state index < -0.39 is 15.8 Å². The zero-order valence-corrected chi connectivity index (χ0v) is 12.7. The van der Waals surface area contributed by atoms with Gasteiger partial charge in [-0.3, -0.25) is 0 Å². The summed E-state index contributed by atoms with van der Waals surface area (Å²) in [6, 6.07) is 5.05. The molecule has 116 valence electrons. The Balaban J connectivity index is 3.01.